The van der Waals surface area contributed by atoms with Crippen molar-refractivity contribution in [1.29, 1.82) is 0 Å². The van der Waals surface area contributed by atoms with Gasteiger partial charge in [0.05, 0.1) is 6.04 Å². The Morgan fingerprint density at radius 1 is 1.39 bits per heavy atom. The number of rotatable bonds is 4. The molecule has 2 aromatic rings. The van der Waals surface area contributed by atoms with Gasteiger partial charge in [-0.15, -0.1) is 10.2 Å². The first-order valence-electron chi connectivity index (χ1n) is 5.95. The van der Waals surface area contributed by atoms with Crippen LogP contribution in [0.2, 0.25) is 0 Å². The molecule has 1 aromatic heterocycles. The average molecular weight is 326 g/mol. The van der Waals surface area contributed by atoms with Gasteiger partial charge in [-0.1, -0.05) is 40.3 Å². The maximum Gasteiger partial charge on any atom is 0.148 e. The Morgan fingerprint density at radius 2 is 2.17 bits per heavy atom. The minimum absolute atomic E-state index is 0.258. The molecule has 1 N–H and O–H groups in total. The van der Waals surface area contributed by atoms with Crippen molar-refractivity contribution in [2.45, 2.75) is 26.8 Å². The second-order valence-corrected chi connectivity index (χ2v) is 6.11. The van der Waals surface area contributed by atoms with Crippen molar-refractivity contribution in [3.8, 4) is 10.6 Å². The fraction of sp³-hybridized carbons (Fsp3) is 0.385. The fourth-order valence-electron chi connectivity index (χ4n) is 1.74. The normalized spacial score (nSPS) is 12.7. The van der Waals surface area contributed by atoms with Crippen LogP contribution in [0.15, 0.2) is 22.7 Å². The van der Waals surface area contributed by atoms with E-state index in [1.165, 1.54) is 5.56 Å². The largest absolute Gasteiger partial charge is 0.308 e. The molecular weight excluding hydrogens is 310 g/mol. The van der Waals surface area contributed by atoms with Crippen molar-refractivity contribution in [3.05, 3.63) is 33.2 Å². The Bertz CT molecular complexity index is 539. The molecule has 0 saturated carbocycles. The van der Waals surface area contributed by atoms with Crippen molar-refractivity contribution >= 4 is 27.3 Å². The Morgan fingerprint density at radius 3 is 2.89 bits per heavy atom. The first-order valence-corrected chi connectivity index (χ1v) is 7.56. The molecule has 0 aliphatic heterocycles. The Kier molecular flexibility index (Phi) is 4.48. The van der Waals surface area contributed by atoms with Gasteiger partial charge in [-0.2, -0.15) is 0 Å². The lowest BCUT2D eigenvalue weighted by Crippen LogP contribution is -2.17. The highest BCUT2D eigenvalue weighted by Gasteiger charge is 2.13. The third-order valence-electron chi connectivity index (χ3n) is 2.75. The molecule has 0 amide bonds. The number of hydrogen-bond acceptors (Lipinski definition) is 4. The third kappa shape index (κ3) is 2.96. The molecule has 2 rings (SSSR count). The Hall–Kier alpha value is -0.780. The Labute approximate surface area is 120 Å². The van der Waals surface area contributed by atoms with Gasteiger partial charge in [0, 0.05) is 10.0 Å². The zero-order chi connectivity index (χ0) is 13.1. The molecule has 1 atom stereocenters. The summed E-state index contributed by atoms with van der Waals surface area (Å²) in [6.45, 7) is 7.24. The van der Waals surface area contributed by atoms with Gasteiger partial charge in [0.25, 0.3) is 0 Å². The number of nitrogens with zero attached hydrogens (tertiary/aromatic N) is 2. The zero-order valence-electron chi connectivity index (χ0n) is 10.7. The lowest BCUT2D eigenvalue weighted by Gasteiger charge is -2.06. The molecule has 0 aliphatic carbocycles. The molecule has 1 aromatic carbocycles. The molecule has 0 aliphatic rings. The van der Waals surface area contributed by atoms with E-state index in [0.29, 0.717) is 0 Å². The highest BCUT2D eigenvalue weighted by molar-refractivity contribution is 9.10. The summed E-state index contributed by atoms with van der Waals surface area (Å²) in [5.41, 5.74) is 2.37. The van der Waals surface area contributed by atoms with Crippen LogP contribution in [0.25, 0.3) is 10.6 Å². The molecule has 0 radical (unpaired) electrons. The summed E-state index contributed by atoms with van der Waals surface area (Å²) >= 11 is 5.15. The number of benzene rings is 1. The van der Waals surface area contributed by atoms with E-state index in [2.05, 4.69) is 64.3 Å². The van der Waals surface area contributed by atoms with Crippen LogP contribution in [0.5, 0.6) is 0 Å². The average Bonchev–Trinajstić information content (AvgIpc) is 2.82. The van der Waals surface area contributed by atoms with Gasteiger partial charge in [-0.05, 0) is 38.1 Å². The predicted octanol–water partition coefficient (Wildman–Crippen LogP) is 3.95. The van der Waals surface area contributed by atoms with E-state index >= 15 is 0 Å². The summed E-state index contributed by atoms with van der Waals surface area (Å²) in [5, 5.41) is 13.9. The smallest absolute Gasteiger partial charge is 0.148 e. The SMILES string of the molecule is CCNC(C)c1nnc(-c2cc(Br)ccc2C)s1. The molecule has 0 fully saturated rings. The topological polar surface area (TPSA) is 37.8 Å². The van der Waals surface area contributed by atoms with E-state index in [1.54, 1.807) is 11.3 Å². The van der Waals surface area contributed by atoms with E-state index in [0.717, 1.165) is 26.6 Å². The summed E-state index contributed by atoms with van der Waals surface area (Å²) in [5.74, 6) is 0. The van der Waals surface area contributed by atoms with E-state index < -0.39 is 0 Å². The summed E-state index contributed by atoms with van der Waals surface area (Å²) in [6.07, 6.45) is 0. The van der Waals surface area contributed by atoms with Gasteiger partial charge in [-0.25, -0.2) is 0 Å². The monoisotopic (exact) mass is 325 g/mol. The van der Waals surface area contributed by atoms with Crippen LogP contribution in [0.3, 0.4) is 0 Å². The van der Waals surface area contributed by atoms with Gasteiger partial charge in [0.1, 0.15) is 10.0 Å². The van der Waals surface area contributed by atoms with Gasteiger partial charge in [-0.3, -0.25) is 0 Å². The van der Waals surface area contributed by atoms with Crippen LogP contribution in [0, 0.1) is 6.92 Å². The van der Waals surface area contributed by atoms with Crippen molar-refractivity contribution in [2.75, 3.05) is 6.54 Å². The minimum Gasteiger partial charge on any atom is -0.308 e. The molecule has 5 heteroatoms. The Balaban J connectivity index is 2.32. The van der Waals surface area contributed by atoms with E-state index in [4.69, 9.17) is 0 Å². The van der Waals surface area contributed by atoms with Crippen LogP contribution in [-0.4, -0.2) is 16.7 Å². The lowest BCUT2D eigenvalue weighted by molar-refractivity contribution is 0.590. The molecule has 1 unspecified atom stereocenters. The number of hydrogen-bond donors (Lipinski definition) is 1. The van der Waals surface area contributed by atoms with Gasteiger partial charge >= 0.3 is 0 Å². The maximum absolute atomic E-state index is 4.30. The molecule has 0 bridgehead atoms. The second kappa shape index (κ2) is 5.91. The fourth-order valence-corrected chi connectivity index (χ4v) is 3.05. The van der Waals surface area contributed by atoms with E-state index in [-0.39, 0.29) is 6.04 Å². The molecule has 96 valence electrons. The quantitative estimate of drug-likeness (QED) is 0.924. The molecular formula is C13H16BrN3S. The van der Waals surface area contributed by atoms with Crippen LogP contribution >= 0.6 is 27.3 Å². The van der Waals surface area contributed by atoms with Crippen molar-refractivity contribution in [1.82, 2.24) is 15.5 Å². The molecule has 18 heavy (non-hydrogen) atoms. The number of halogens is 1. The van der Waals surface area contributed by atoms with Crippen LogP contribution in [0.1, 0.15) is 30.5 Å². The summed E-state index contributed by atoms with van der Waals surface area (Å²) in [4.78, 5) is 0. The number of aromatic nitrogens is 2. The van der Waals surface area contributed by atoms with Crippen molar-refractivity contribution in [3.63, 3.8) is 0 Å². The summed E-state index contributed by atoms with van der Waals surface area (Å²) in [6, 6.07) is 6.49. The standard InChI is InChI=1S/C13H16BrN3S/c1-4-15-9(3)12-16-17-13(18-12)11-7-10(14)6-5-8(11)2/h5-7,9,15H,4H2,1-3H3. The second-order valence-electron chi connectivity index (χ2n) is 4.18. The third-order valence-corrected chi connectivity index (χ3v) is 4.38. The van der Waals surface area contributed by atoms with Crippen molar-refractivity contribution < 1.29 is 0 Å². The molecule has 0 saturated heterocycles. The first kappa shape index (κ1) is 13.6. The van der Waals surface area contributed by atoms with Crippen LogP contribution < -0.4 is 5.32 Å². The van der Waals surface area contributed by atoms with Gasteiger partial charge in [0.15, 0.2) is 0 Å². The van der Waals surface area contributed by atoms with Crippen molar-refractivity contribution in [2.24, 2.45) is 0 Å². The predicted molar refractivity (Wildman–Crippen MR) is 79.9 cm³/mol. The molecule has 0 spiro atoms. The number of aryl methyl sites for hydroxylation is 1. The summed E-state index contributed by atoms with van der Waals surface area (Å²) in [7, 11) is 0. The van der Waals surface area contributed by atoms with E-state index in [9.17, 15) is 0 Å². The maximum atomic E-state index is 4.30. The minimum atomic E-state index is 0.258. The van der Waals surface area contributed by atoms with Crippen LogP contribution in [-0.2, 0) is 0 Å². The molecule has 3 nitrogen and oxygen atoms in total. The summed E-state index contributed by atoms with van der Waals surface area (Å²) < 4.78 is 1.07. The highest BCUT2D eigenvalue weighted by atomic mass is 79.9. The zero-order valence-corrected chi connectivity index (χ0v) is 13.1. The van der Waals surface area contributed by atoms with Crippen LogP contribution in [0.4, 0.5) is 0 Å². The highest BCUT2D eigenvalue weighted by Crippen LogP contribution is 2.30. The molecule has 1 heterocycles. The lowest BCUT2D eigenvalue weighted by atomic mass is 10.1. The first-order chi connectivity index (χ1) is 8.61. The van der Waals surface area contributed by atoms with Gasteiger partial charge in [0.2, 0.25) is 0 Å². The van der Waals surface area contributed by atoms with E-state index in [1.807, 2.05) is 6.07 Å². The number of nitrogens with one attached hydrogen (secondary N) is 1. The van der Waals surface area contributed by atoms with Gasteiger partial charge < -0.3 is 5.32 Å².